The molecule has 4 nitrogen and oxygen atoms in total. The van der Waals surface area contributed by atoms with E-state index in [0.29, 0.717) is 11.3 Å². The van der Waals surface area contributed by atoms with Gasteiger partial charge < -0.3 is 11.1 Å². The summed E-state index contributed by atoms with van der Waals surface area (Å²) in [5.41, 5.74) is 6.27. The van der Waals surface area contributed by atoms with Crippen LogP contribution in [0.1, 0.15) is 35.8 Å². The summed E-state index contributed by atoms with van der Waals surface area (Å²) in [4.78, 5) is 16.1. The fourth-order valence-corrected chi connectivity index (χ4v) is 1.48. The van der Waals surface area contributed by atoms with E-state index in [0.717, 1.165) is 12.8 Å². The van der Waals surface area contributed by atoms with Crippen molar-refractivity contribution in [1.82, 2.24) is 10.3 Å². The lowest BCUT2D eigenvalue weighted by Crippen LogP contribution is -2.35. The molecule has 4 heteroatoms. The molecule has 0 unspecified atom stereocenters. The van der Waals surface area contributed by atoms with Crippen LogP contribution in [0.2, 0.25) is 0 Å². The molecular weight excluding hydrogens is 214 g/mol. The van der Waals surface area contributed by atoms with Gasteiger partial charge in [0.15, 0.2) is 0 Å². The third kappa shape index (κ3) is 2.83. The van der Waals surface area contributed by atoms with E-state index in [9.17, 15) is 4.79 Å². The Morgan fingerprint density at radius 3 is 3.06 bits per heavy atom. The zero-order valence-electron chi connectivity index (χ0n) is 9.79. The van der Waals surface area contributed by atoms with E-state index < -0.39 is 0 Å². The summed E-state index contributed by atoms with van der Waals surface area (Å²) >= 11 is 0. The van der Waals surface area contributed by atoms with E-state index in [-0.39, 0.29) is 18.0 Å². The molecule has 1 saturated carbocycles. The van der Waals surface area contributed by atoms with Crippen LogP contribution in [0.4, 0.5) is 0 Å². The molecular formula is C13H15N3O. The van der Waals surface area contributed by atoms with Crippen LogP contribution in [-0.2, 0) is 0 Å². The minimum atomic E-state index is -0.160. The maximum atomic E-state index is 12.0. The predicted molar refractivity (Wildman–Crippen MR) is 65.3 cm³/mol. The SMILES string of the molecule is CC1(NC(=O)c2ncccc2C#CCN)CC1. The number of pyridine rings is 1. The van der Waals surface area contributed by atoms with Gasteiger partial charge in [0.25, 0.3) is 5.91 Å². The summed E-state index contributed by atoms with van der Waals surface area (Å²) in [7, 11) is 0. The van der Waals surface area contributed by atoms with Gasteiger partial charge in [-0.2, -0.15) is 0 Å². The van der Waals surface area contributed by atoms with Crippen molar-refractivity contribution in [3.05, 3.63) is 29.6 Å². The van der Waals surface area contributed by atoms with E-state index in [4.69, 9.17) is 5.73 Å². The van der Waals surface area contributed by atoms with E-state index in [2.05, 4.69) is 22.1 Å². The average Bonchev–Trinajstić information content (AvgIpc) is 3.04. The van der Waals surface area contributed by atoms with E-state index in [1.807, 2.05) is 6.92 Å². The summed E-state index contributed by atoms with van der Waals surface area (Å²) in [6, 6.07) is 3.54. The molecule has 0 saturated heterocycles. The molecule has 17 heavy (non-hydrogen) atoms. The first kappa shape index (κ1) is 11.6. The molecule has 1 aromatic heterocycles. The molecule has 1 aliphatic carbocycles. The zero-order valence-corrected chi connectivity index (χ0v) is 9.79. The first-order valence-corrected chi connectivity index (χ1v) is 5.61. The lowest BCUT2D eigenvalue weighted by atomic mass is 10.1. The zero-order chi connectivity index (χ0) is 12.3. The quantitative estimate of drug-likeness (QED) is 0.733. The van der Waals surface area contributed by atoms with E-state index >= 15 is 0 Å². The Morgan fingerprint density at radius 2 is 2.41 bits per heavy atom. The molecule has 1 heterocycles. The lowest BCUT2D eigenvalue weighted by molar-refractivity contribution is 0.0930. The Morgan fingerprint density at radius 1 is 1.65 bits per heavy atom. The number of amides is 1. The number of rotatable bonds is 2. The third-order valence-electron chi connectivity index (χ3n) is 2.76. The third-order valence-corrected chi connectivity index (χ3v) is 2.76. The molecule has 0 aromatic carbocycles. The molecule has 1 aromatic rings. The summed E-state index contributed by atoms with van der Waals surface area (Å²) in [5, 5.41) is 2.96. The Labute approximate surface area is 101 Å². The van der Waals surface area contributed by atoms with Gasteiger partial charge in [-0.25, -0.2) is 4.98 Å². The van der Waals surface area contributed by atoms with E-state index in [1.54, 1.807) is 18.3 Å². The van der Waals surface area contributed by atoms with Gasteiger partial charge >= 0.3 is 0 Å². The number of nitrogens with two attached hydrogens (primary N) is 1. The van der Waals surface area contributed by atoms with Gasteiger partial charge in [0.05, 0.1) is 12.1 Å². The highest BCUT2D eigenvalue weighted by Gasteiger charge is 2.39. The number of aromatic nitrogens is 1. The van der Waals surface area contributed by atoms with Gasteiger partial charge in [-0.1, -0.05) is 11.8 Å². The number of hydrogen-bond donors (Lipinski definition) is 2. The molecule has 0 radical (unpaired) electrons. The largest absolute Gasteiger partial charge is 0.346 e. The molecule has 0 spiro atoms. The van der Waals surface area contributed by atoms with Gasteiger partial charge in [-0.3, -0.25) is 4.79 Å². The molecule has 88 valence electrons. The summed E-state index contributed by atoms with van der Waals surface area (Å²) in [6.45, 7) is 2.30. The Balaban J connectivity index is 2.21. The molecule has 1 aliphatic rings. The first-order valence-electron chi connectivity index (χ1n) is 5.61. The number of hydrogen-bond acceptors (Lipinski definition) is 3. The second kappa shape index (κ2) is 4.56. The van der Waals surface area contributed by atoms with Gasteiger partial charge in [-0.15, -0.1) is 0 Å². The fourth-order valence-electron chi connectivity index (χ4n) is 1.48. The smallest absolute Gasteiger partial charge is 0.271 e. The number of nitrogens with zero attached hydrogens (tertiary/aromatic N) is 1. The topological polar surface area (TPSA) is 68.0 Å². The van der Waals surface area contributed by atoms with Crippen LogP contribution in [0.25, 0.3) is 0 Å². The standard InChI is InChI=1S/C13H15N3O/c1-13(6-7-13)16-12(17)11-10(4-2-8-14)5-3-9-15-11/h3,5,9H,6-8,14H2,1H3,(H,16,17). The second-order valence-electron chi connectivity index (χ2n) is 4.42. The molecule has 1 fully saturated rings. The van der Waals surface area contributed by atoms with Gasteiger partial charge in [-0.05, 0) is 31.9 Å². The molecule has 0 atom stereocenters. The highest BCUT2D eigenvalue weighted by Crippen LogP contribution is 2.34. The normalized spacial score (nSPS) is 15.6. The van der Waals surface area contributed by atoms with Crippen LogP contribution >= 0.6 is 0 Å². The van der Waals surface area contributed by atoms with Crippen LogP contribution in [0.3, 0.4) is 0 Å². The molecule has 1 amide bonds. The highest BCUT2D eigenvalue weighted by molar-refractivity contribution is 5.95. The Kier molecular flexibility index (Phi) is 3.12. The van der Waals surface area contributed by atoms with E-state index in [1.165, 1.54) is 0 Å². The van der Waals surface area contributed by atoms with Crippen LogP contribution in [0.5, 0.6) is 0 Å². The molecule has 0 aliphatic heterocycles. The van der Waals surface area contributed by atoms with Crippen molar-refractivity contribution in [2.75, 3.05) is 6.54 Å². The van der Waals surface area contributed by atoms with Gasteiger partial charge in [0, 0.05) is 11.7 Å². The highest BCUT2D eigenvalue weighted by atomic mass is 16.2. The van der Waals surface area contributed by atoms with Crippen molar-refractivity contribution >= 4 is 5.91 Å². The predicted octanol–water partition coefficient (Wildman–Crippen LogP) is 0.674. The van der Waals surface area contributed by atoms with Crippen LogP contribution < -0.4 is 11.1 Å². The van der Waals surface area contributed by atoms with Crippen LogP contribution in [-0.4, -0.2) is 23.0 Å². The van der Waals surface area contributed by atoms with Gasteiger partial charge in [0.2, 0.25) is 0 Å². The Hall–Kier alpha value is -1.86. The van der Waals surface area contributed by atoms with Crippen molar-refractivity contribution in [3.8, 4) is 11.8 Å². The number of nitrogens with one attached hydrogen (secondary N) is 1. The molecule has 0 bridgehead atoms. The average molecular weight is 229 g/mol. The van der Waals surface area contributed by atoms with Crippen LogP contribution in [0, 0.1) is 11.8 Å². The van der Waals surface area contributed by atoms with Crippen molar-refractivity contribution in [2.24, 2.45) is 5.73 Å². The second-order valence-corrected chi connectivity index (χ2v) is 4.42. The fraction of sp³-hybridized carbons (Fsp3) is 0.385. The van der Waals surface area contributed by atoms with Crippen molar-refractivity contribution in [3.63, 3.8) is 0 Å². The maximum Gasteiger partial charge on any atom is 0.271 e. The molecule has 2 rings (SSSR count). The van der Waals surface area contributed by atoms with Gasteiger partial charge in [0.1, 0.15) is 5.69 Å². The maximum absolute atomic E-state index is 12.0. The van der Waals surface area contributed by atoms with Crippen molar-refractivity contribution in [2.45, 2.75) is 25.3 Å². The summed E-state index contributed by atoms with van der Waals surface area (Å²) in [5.74, 6) is 5.44. The first-order chi connectivity index (χ1) is 8.14. The lowest BCUT2D eigenvalue weighted by Gasteiger charge is -2.11. The minimum absolute atomic E-state index is 0.0484. The summed E-state index contributed by atoms with van der Waals surface area (Å²) < 4.78 is 0. The Bertz CT molecular complexity index is 495. The van der Waals surface area contributed by atoms with Crippen molar-refractivity contribution in [1.29, 1.82) is 0 Å². The number of carbonyl (C=O) groups is 1. The van der Waals surface area contributed by atoms with Crippen LogP contribution in [0.15, 0.2) is 18.3 Å². The minimum Gasteiger partial charge on any atom is -0.346 e. The summed E-state index contributed by atoms with van der Waals surface area (Å²) in [6.07, 6.45) is 3.64. The molecule has 3 N–H and O–H groups in total. The monoisotopic (exact) mass is 229 g/mol. The number of carbonyl (C=O) groups excluding carboxylic acids is 1. The van der Waals surface area contributed by atoms with Crippen molar-refractivity contribution < 1.29 is 4.79 Å².